The summed E-state index contributed by atoms with van der Waals surface area (Å²) >= 11 is 2.65. The summed E-state index contributed by atoms with van der Waals surface area (Å²) in [6.07, 6.45) is 1.60. The fourth-order valence-electron chi connectivity index (χ4n) is 2.52. The van der Waals surface area contributed by atoms with Gasteiger partial charge in [0.1, 0.15) is 5.01 Å². The number of rotatable bonds is 7. The maximum atomic E-state index is 12.2. The molecule has 0 fully saturated rings. The van der Waals surface area contributed by atoms with E-state index < -0.39 is 0 Å². The number of anilines is 1. The van der Waals surface area contributed by atoms with Crippen molar-refractivity contribution in [2.45, 2.75) is 18.6 Å². The summed E-state index contributed by atoms with van der Waals surface area (Å²) in [5.74, 6) is 1.26. The monoisotopic (exact) mass is 412 g/mol. The van der Waals surface area contributed by atoms with Crippen molar-refractivity contribution < 1.29 is 9.21 Å². The topological polar surface area (TPSA) is 98.7 Å². The molecule has 1 aromatic carbocycles. The van der Waals surface area contributed by atoms with E-state index in [2.05, 4.69) is 25.7 Å². The van der Waals surface area contributed by atoms with Gasteiger partial charge in [0.25, 0.3) is 0 Å². The third kappa shape index (κ3) is 4.29. The van der Waals surface area contributed by atoms with Crippen molar-refractivity contribution in [2.75, 3.05) is 11.1 Å². The van der Waals surface area contributed by atoms with Crippen LogP contribution in [0.2, 0.25) is 0 Å². The molecule has 4 aromatic rings. The molecule has 0 bridgehead atoms. The molecule has 0 saturated heterocycles. The van der Waals surface area contributed by atoms with E-state index in [9.17, 15) is 4.79 Å². The van der Waals surface area contributed by atoms with Crippen LogP contribution in [0.3, 0.4) is 0 Å². The molecule has 0 aliphatic rings. The lowest BCUT2D eigenvalue weighted by Gasteiger charge is -2.09. The summed E-state index contributed by atoms with van der Waals surface area (Å²) in [6, 6.07) is 13.6. The predicted molar refractivity (Wildman–Crippen MR) is 107 cm³/mol. The zero-order chi connectivity index (χ0) is 19.3. The van der Waals surface area contributed by atoms with E-state index in [4.69, 9.17) is 4.42 Å². The average Bonchev–Trinajstić information content (AvgIpc) is 3.43. The second-order valence-corrected chi connectivity index (χ2v) is 7.94. The van der Waals surface area contributed by atoms with Crippen LogP contribution in [0.15, 0.2) is 58.3 Å². The standard InChI is InChI=1S/C18H16N6O2S2/c1-12-20-22-17(28-12)19-15(25)11-27-18-23-21-16(14-8-5-9-26-14)24(18)10-13-6-3-2-4-7-13/h2-9H,10-11H2,1H3,(H,19,22,25). The first kappa shape index (κ1) is 18.4. The van der Waals surface area contributed by atoms with Crippen molar-refractivity contribution in [3.05, 3.63) is 59.3 Å². The maximum Gasteiger partial charge on any atom is 0.236 e. The van der Waals surface area contributed by atoms with Gasteiger partial charge in [0, 0.05) is 0 Å². The number of carbonyl (C=O) groups is 1. The zero-order valence-electron chi connectivity index (χ0n) is 14.9. The van der Waals surface area contributed by atoms with Crippen molar-refractivity contribution in [3.63, 3.8) is 0 Å². The number of thioether (sulfide) groups is 1. The van der Waals surface area contributed by atoms with Crippen molar-refractivity contribution in [1.82, 2.24) is 25.0 Å². The van der Waals surface area contributed by atoms with Gasteiger partial charge in [0.15, 0.2) is 10.9 Å². The van der Waals surface area contributed by atoms with Crippen LogP contribution in [0, 0.1) is 6.92 Å². The number of aryl methyl sites for hydroxylation is 1. The molecule has 1 amide bonds. The Balaban J connectivity index is 1.52. The minimum absolute atomic E-state index is 0.171. The Morgan fingerprint density at radius 2 is 2.00 bits per heavy atom. The van der Waals surface area contributed by atoms with Crippen LogP contribution in [0.25, 0.3) is 11.6 Å². The van der Waals surface area contributed by atoms with Crippen LogP contribution in [0.1, 0.15) is 10.6 Å². The molecule has 28 heavy (non-hydrogen) atoms. The second-order valence-electron chi connectivity index (χ2n) is 5.82. The number of benzene rings is 1. The fourth-order valence-corrected chi connectivity index (χ4v) is 3.87. The first-order valence-electron chi connectivity index (χ1n) is 8.43. The first-order valence-corrected chi connectivity index (χ1v) is 10.2. The third-order valence-electron chi connectivity index (χ3n) is 3.75. The molecule has 4 rings (SSSR count). The smallest absolute Gasteiger partial charge is 0.236 e. The molecule has 142 valence electrons. The van der Waals surface area contributed by atoms with Crippen LogP contribution in [-0.2, 0) is 11.3 Å². The van der Waals surface area contributed by atoms with E-state index in [0.717, 1.165) is 10.6 Å². The quantitative estimate of drug-likeness (QED) is 0.464. The summed E-state index contributed by atoms with van der Waals surface area (Å²) in [7, 11) is 0. The predicted octanol–water partition coefficient (Wildman–Crippen LogP) is 3.48. The average molecular weight is 413 g/mol. The number of hydrogen-bond acceptors (Lipinski definition) is 8. The number of carbonyl (C=O) groups excluding carboxylic acids is 1. The van der Waals surface area contributed by atoms with Crippen molar-refractivity contribution in [3.8, 4) is 11.6 Å². The highest BCUT2D eigenvalue weighted by Crippen LogP contribution is 2.26. The SMILES string of the molecule is Cc1nnc(NC(=O)CSc2nnc(-c3ccco3)n2Cc2ccccc2)s1. The summed E-state index contributed by atoms with van der Waals surface area (Å²) in [5.41, 5.74) is 1.10. The van der Waals surface area contributed by atoms with Gasteiger partial charge in [-0.25, -0.2) is 0 Å². The molecule has 0 spiro atoms. The Morgan fingerprint density at radius 3 is 2.71 bits per heavy atom. The molecule has 0 atom stereocenters. The maximum absolute atomic E-state index is 12.2. The summed E-state index contributed by atoms with van der Waals surface area (Å²) in [4.78, 5) is 12.2. The van der Waals surface area contributed by atoms with E-state index in [1.165, 1.54) is 23.1 Å². The molecule has 3 heterocycles. The van der Waals surface area contributed by atoms with Crippen molar-refractivity contribution in [1.29, 1.82) is 0 Å². The fraction of sp³-hybridized carbons (Fsp3) is 0.167. The van der Waals surface area contributed by atoms with Gasteiger partial charge < -0.3 is 4.42 Å². The Kier molecular flexibility index (Phi) is 5.49. The van der Waals surface area contributed by atoms with E-state index in [1.54, 1.807) is 12.3 Å². The van der Waals surface area contributed by atoms with Gasteiger partial charge in [-0.05, 0) is 24.6 Å². The summed E-state index contributed by atoms with van der Waals surface area (Å²) in [5, 5.41) is 21.0. The number of hydrogen-bond donors (Lipinski definition) is 1. The molecular formula is C18H16N6O2S2. The molecule has 3 aromatic heterocycles. The molecule has 0 unspecified atom stereocenters. The van der Waals surface area contributed by atoms with Gasteiger partial charge in [0.2, 0.25) is 16.9 Å². The van der Waals surface area contributed by atoms with Crippen LogP contribution in [-0.4, -0.2) is 36.6 Å². The van der Waals surface area contributed by atoms with Crippen LogP contribution < -0.4 is 5.32 Å². The zero-order valence-corrected chi connectivity index (χ0v) is 16.5. The van der Waals surface area contributed by atoms with Gasteiger partial charge in [-0.1, -0.05) is 53.4 Å². The summed E-state index contributed by atoms with van der Waals surface area (Å²) < 4.78 is 7.44. The Morgan fingerprint density at radius 1 is 1.14 bits per heavy atom. The highest BCUT2D eigenvalue weighted by molar-refractivity contribution is 7.99. The molecule has 0 radical (unpaired) electrons. The summed E-state index contributed by atoms with van der Waals surface area (Å²) in [6.45, 7) is 2.41. The van der Waals surface area contributed by atoms with Crippen molar-refractivity contribution in [2.24, 2.45) is 0 Å². The molecular weight excluding hydrogens is 396 g/mol. The Hall–Kier alpha value is -2.98. The third-order valence-corrected chi connectivity index (χ3v) is 5.47. The lowest BCUT2D eigenvalue weighted by Crippen LogP contribution is -2.14. The molecule has 10 heteroatoms. The van der Waals surface area contributed by atoms with Crippen LogP contribution in [0.5, 0.6) is 0 Å². The number of nitrogens with one attached hydrogen (secondary N) is 1. The lowest BCUT2D eigenvalue weighted by atomic mass is 10.2. The molecule has 0 aliphatic carbocycles. The molecule has 0 saturated carbocycles. The van der Waals surface area contributed by atoms with Gasteiger partial charge >= 0.3 is 0 Å². The van der Waals surface area contributed by atoms with Gasteiger partial charge in [0.05, 0.1) is 18.6 Å². The molecule has 0 aliphatic heterocycles. The van der Waals surface area contributed by atoms with Gasteiger partial charge in [-0.3, -0.25) is 14.7 Å². The van der Waals surface area contributed by atoms with Crippen LogP contribution >= 0.6 is 23.1 Å². The number of nitrogens with zero attached hydrogens (tertiary/aromatic N) is 5. The van der Waals surface area contributed by atoms with Gasteiger partial charge in [-0.15, -0.1) is 20.4 Å². The molecule has 1 N–H and O–H groups in total. The number of aromatic nitrogens is 5. The van der Waals surface area contributed by atoms with E-state index in [1.807, 2.05) is 47.9 Å². The minimum atomic E-state index is -0.171. The normalized spacial score (nSPS) is 10.9. The lowest BCUT2D eigenvalue weighted by molar-refractivity contribution is -0.113. The number of amides is 1. The van der Waals surface area contributed by atoms with E-state index >= 15 is 0 Å². The van der Waals surface area contributed by atoms with E-state index in [-0.39, 0.29) is 11.7 Å². The highest BCUT2D eigenvalue weighted by atomic mass is 32.2. The van der Waals surface area contributed by atoms with E-state index in [0.29, 0.717) is 28.4 Å². The van der Waals surface area contributed by atoms with Gasteiger partial charge in [-0.2, -0.15) is 0 Å². The first-order chi connectivity index (χ1) is 13.7. The Bertz CT molecular complexity index is 1060. The highest BCUT2D eigenvalue weighted by Gasteiger charge is 2.18. The second kappa shape index (κ2) is 8.36. The van der Waals surface area contributed by atoms with Crippen LogP contribution in [0.4, 0.5) is 5.13 Å². The van der Waals surface area contributed by atoms with Crippen molar-refractivity contribution >= 4 is 34.1 Å². The molecule has 8 nitrogen and oxygen atoms in total. The minimum Gasteiger partial charge on any atom is -0.461 e. The number of furan rings is 1. The Labute approximate surface area is 169 Å². The largest absolute Gasteiger partial charge is 0.461 e.